The molecule has 0 atom stereocenters. The zero-order valence-electron chi connectivity index (χ0n) is 11.0. The maximum atomic E-state index is 9.19. The molecule has 0 amide bonds. The van der Waals surface area contributed by atoms with Crippen molar-refractivity contribution < 1.29 is 4.42 Å². The van der Waals surface area contributed by atoms with E-state index < -0.39 is 0 Å². The molecule has 0 aliphatic heterocycles. The van der Waals surface area contributed by atoms with Crippen molar-refractivity contribution in [1.29, 1.82) is 5.26 Å². The minimum atomic E-state index is 0.288. The van der Waals surface area contributed by atoms with Gasteiger partial charge < -0.3 is 10.2 Å². The Balaban J connectivity index is 1.94. The summed E-state index contributed by atoms with van der Waals surface area (Å²) in [4.78, 5) is 5.18. The minimum absolute atomic E-state index is 0.288. The number of nitrogen functional groups attached to an aromatic ring is 1. The van der Waals surface area contributed by atoms with Crippen LogP contribution in [0.1, 0.15) is 5.69 Å². The van der Waals surface area contributed by atoms with Crippen LogP contribution >= 0.6 is 11.8 Å². The zero-order valence-corrected chi connectivity index (χ0v) is 11.8. The first kappa shape index (κ1) is 13.3. The molecular weight excluding hydrogens is 282 g/mol. The van der Waals surface area contributed by atoms with Crippen molar-refractivity contribution in [3.63, 3.8) is 0 Å². The van der Waals surface area contributed by atoms with E-state index in [2.05, 4.69) is 11.1 Å². The summed E-state index contributed by atoms with van der Waals surface area (Å²) in [5.41, 5.74) is 7.49. The molecule has 1 aromatic heterocycles. The van der Waals surface area contributed by atoms with Crippen molar-refractivity contribution in [3.05, 3.63) is 60.3 Å². The smallest absolute Gasteiger partial charge is 0.228 e. The number of hydrogen-bond donors (Lipinski definition) is 1. The highest BCUT2D eigenvalue weighted by molar-refractivity contribution is 7.99. The van der Waals surface area contributed by atoms with Crippen LogP contribution < -0.4 is 5.73 Å². The lowest BCUT2D eigenvalue weighted by molar-refractivity contribution is 0.483. The molecule has 0 saturated heterocycles. The SMILES string of the molecule is N#Cc1nc(-c2ccccc2)oc1Sc1ccc(N)cc1. The Labute approximate surface area is 126 Å². The molecule has 102 valence electrons. The third-order valence-electron chi connectivity index (χ3n) is 2.81. The fraction of sp³-hybridized carbons (Fsp3) is 0. The van der Waals surface area contributed by atoms with Crippen LogP contribution in [-0.2, 0) is 0 Å². The van der Waals surface area contributed by atoms with Gasteiger partial charge in [0, 0.05) is 16.1 Å². The van der Waals surface area contributed by atoms with Crippen molar-refractivity contribution in [2.75, 3.05) is 5.73 Å². The molecule has 0 bridgehead atoms. The van der Waals surface area contributed by atoms with Gasteiger partial charge in [0.25, 0.3) is 0 Å². The molecule has 0 aliphatic carbocycles. The Kier molecular flexibility index (Phi) is 3.63. The Bertz CT molecular complexity index is 789. The molecule has 2 aromatic carbocycles. The number of nitrogens with two attached hydrogens (primary N) is 1. The predicted octanol–water partition coefficient (Wildman–Crippen LogP) is 3.95. The second kappa shape index (κ2) is 5.73. The van der Waals surface area contributed by atoms with Gasteiger partial charge in [-0.1, -0.05) is 18.2 Å². The molecule has 3 aromatic rings. The van der Waals surface area contributed by atoms with Crippen molar-refractivity contribution in [2.24, 2.45) is 0 Å². The van der Waals surface area contributed by atoms with Gasteiger partial charge in [0.15, 0.2) is 5.69 Å². The quantitative estimate of drug-likeness (QED) is 0.740. The maximum Gasteiger partial charge on any atom is 0.228 e. The van der Waals surface area contributed by atoms with Crippen molar-refractivity contribution in [2.45, 2.75) is 9.99 Å². The fourth-order valence-corrected chi connectivity index (χ4v) is 2.59. The van der Waals surface area contributed by atoms with Crippen LogP contribution in [0.4, 0.5) is 5.69 Å². The summed E-state index contributed by atoms with van der Waals surface area (Å²) in [6, 6.07) is 19.0. The summed E-state index contributed by atoms with van der Waals surface area (Å²) in [7, 11) is 0. The molecule has 21 heavy (non-hydrogen) atoms. The zero-order chi connectivity index (χ0) is 14.7. The van der Waals surface area contributed by atoms with Gasteiger partial charge in [-0.05, 0) is 48.2 Å². The van der Waals surface area contributed by atoms with Crippen molar-refractivity contribution in [3.8, 4) is 17.5 Å². The number of benzene rings is 2. The highest BCUT2D eigenvalue weighted by Gasteiger charge is 2.15. The average molecular weight is 293 g/mol. The third-order valence-corrected chi connectivity index (χ3v) is 3.78. The van der Waals surface area contributed by atoms with E-state index in [1.54, 1.807) is 0 Å². The van der Waals surface area contributed by atoms with Crippen LogP contribution in [-0.4, -0.2) is 4.98 Å². The highest BCUT2D eigenvalue weighted by Crippen LogP contribution is 2.34. The topological polar surface area (TPSA) is 75.8 Å². The standard InChI is InChI=1S/C16H11N3OS/c17-10-14-16(21-13-8-6-12(18)7-9-13)20-15(19-14)11-4-2-1-3-5-11/h1-9H,18H2. The molecule has 0 unspecified atom stereocenters. The van der Waals surface area contributed by atoms with E-state index in [4.69, 9.17) is 10.2 Å². The molecular formula is C16H11N3OS. The monoisotopic (exact) mass is 293 g/mol. The van der Waals surface area contributed by atoms with Gasteiger partial charge in [-0.25, -0.2) is 0 Å². The van der Waals surface area contributed by atoms with E-state index in [0.717, 1.165) is 10.5 Å². The van der Waals surface area contributed by atoms with Gasteiger partial charge in [-0.3, -0.25) is 0 Å². The number of nitrogens with zero attached hydrogens (tertiary/aromatic N) is 2. The van der Waals surface area contributed by atoms with Gasteiger partial charge in [-0.2, -0.15) is 10.2 Å². The van der Waals surface area contributed by atoms with E-state index in [0.29, 0.717) is 16.7 Å². The lowest BCUT2D eigenvalue weighted by Crippen LogP contribution is -1.82. The largest absolute Gasteiger partial charge is 0.428 e. The van der Waals surface area contributed by atoms with Crippen LogP contribution in [0.15, 0.2) is 69.0 Å². The molecule has 0 saturated carbocycles. The molecule has 0 aliphatic rings. The van der Waals surface area contributed by atoms with Crippen molar-refractivity contribution in [1.82, 2.24) is 4.98 Å². The third kappa shape index (κ3) is 2.91. The second-order valence-corrected chi connectivity index (χ2v) is 5.35. The van der Waals surface area contributed by atoms with Crippen LogP contribution in [0.3, 0.4) is 0 Å². The number of nitriles is 1. The Morgan fingerprint density at radius 1 is 1.05 bits per heavy atom. The lowest BCUT2D eigenvalue weighted by atomic mass is 10.2. The summed E-state index contributed by atoms with van der Waals surface area (Å²) in [5, 5.41) is 9.68. The van der Waals surface area contributed by atoms with Gasteiger partial charge in [0.2, 0.25) is 11.0 Å². The summed E-state index contributed by atoms with van der Waals surface area (Å²) >= 11 is 1.36. The van der Waals surface area contributed by atoms with E-state index >= 15 is 0 Å². The van der Waals surface area contributed by atoms with Crippen molar-refractivity contribution >= 4 is 17.4 Å². The summed E-state index contributed by atoms with van der Waals surface area (Å²) < 4.78 is 5.72. The fourth-order valence-electron chi connectivity index (χ4n) is 1.79. The average Bonchev–Trinajstić information content (AvgIpc) is 2.93. The van der Waals surface area contributed by atoms with E-state index in [1.165, 1.54) is 11.8 Å². The number of anilines is 1. The Hall–Kier alpha value is -2.71. The van der Waals surface area contributed by atoms with E-state index in [-0.39, 0.29) is 5.69 Å². The summed E-state index contributed by atoms with van der Waals surface area (Å²) in [6.07, 6.45) is 0. The number of rotatable bonds is 3. The van der Waals surface area contributed by atoms with Crippen LogP contribution in [0.25, 0.3) is 11.5 Å². The second-order valence-electron chi connectivity index (χ2n) is 4.30. The molecule has 1 heterocycles. The van der Waals surface area contributed by atoms with Crippen LogP contribution in [0.5, 0.6) is 0 Å². The first-order valence-corrected chi connectivity index (χ1v) is 7.07. The van der Waals surface area contributed by atoms with Gasteiger partial charge in [0.1, 0.15) is 6.07 Å². The van der Waals surface area contributed by atoms with E-state index in [1.807, 2.05) is 54.6 Å². The first-order chi connectivity index (χ1) is 10.3. The van der Waals surface area contributed by atoms with Gasteiger partial charge in [0.05, 0.1) is 0 Å². The lowest BCUT2D eigenvalue weighted by Gasteiger charge is -1.98. The highest BCUT2D eigenvalue weighted by atomic mass is 32.2. The molecule has 0 radical (unpaired) electrons. The molecule has 4 nitrogen and oxygen atoms in total. The predicted molar refractivity (Wildman–Crippen MR) is 81.6 cm³/mol. The summed E-state index contributed by atoms with van der Waals surface area (Å²) in [6.45, 7) is 0. The normalized spacial score (nSPS) is 10.2. The number of hydrogen-bond acceptors (Lipinski definition) is 5. The van der Waals surface area contributed by atoms with E-state index in [9.17, 15) is 5.26 Å². The van der Waals surface area contributed by atoms with Crippen LogP contribution in [0.2, 0.25) is 0 Å². The molecule has 5 heteroatoms. The molecule has 0 fully saturated rings. The van der Waals surface area contributed by atoms with Gasteiger partial charge >= 0.3 is 0 Å². The number of oxazole rings is 1. The molecule has 2 N–H and O–H groups in total. The first-order valence-electron chi connectivity index (χ1n) is 6.26. The minimum Gasteiger partial charge on any atom is -0.428 e. The van der Waals surface area contributed by atoms with Crippen LogP contribution in [0, 0.1) is 11.3 Å². The van der Waals surface area contributed by atoms with Gasteiger partial charge in [-0.15, -0.1) is 0 Å². The Morgan fingerprint density at radius 2 is 1.76 bits per heavy atom. The Morgan fingerprint density at radius 3 is 2.43 bits per heavy atom. The molecule has 0 spiro atoms. The number of aromatic nitrogens is 1. The maximum absolute atomic E-state index is 9.19. The summed E-state index contributed by atoms with van der Waals surface area (Å²) in [5.74, 6) is 0.449. The molecule has 3 rings (SSSR count).